The third-order valence-corrected chi connectivity index (χ3v) is 4.95. The minimum absolute atomic E-state index is 0.126. The summed E-state index contributed by atoms with van der Waals surface area (Å²) in [7, 11) is 3.10. The smallest absolute Gasteiger partial charge is 0.227 e. The van der Waals surface area contributed by atoms with Crippen LogP contribution in [0.25, 0.3) is 0 Å². The van der Waals surface area contributed by atoms with Gasteiger partial charge in [-0.3, -0.25) is 9.59 Å². The van der Waals surface area contributed by atoms with E-state index >= 15 is 0 Å². The van der Waals surface area contributed by atoms with E-state index in [1.165, 1.54) is 0 Å². The van der Waals surface area contributed by atoms with Gasteiger partial charge in [-0.25, -0.2) is 0 Å². The van der Waals surface area contributed by atoms with E-state index in [-0.39, 0.29) is 24.8 Å². The zero-order valence-corrected chi connectivity index (χ0v) is 16.0. The van der Waals surface area contributed by atoms with Gasteiger partial charge in [0, 0.05) is 30.6 Å². The van der Waals surface area contributed by atoms with Crippen LogP contribution in [0.4, 0.5) is 5.69 Å². The van der Waals surface area contributed by atoms with Crippen LogP contribution in [0, 0.1) is 5.92 Å². The average Bonchev–Trinajstić information content (AvgIpc) is 3.08. The Morgan fingerprint density at radius 1 is 1.22 bits per heavy atom. The Labute approximate surface area is 163 Å². The zero-order chi connectivity index (χ0) is 19.4. The molecule has 2 amide bonds. The number of nitrogens with one attached hydrogen (secondary N) is 1. The molecular weight excluding hydrogens is 368 g/mol. The Balaban J connectivity index is 1.70. The van der Waals surface area contributed by atoms with E-state index in [1.54, 1.807) is 43.4 Å². The normalized spacial score (nSPS) is 16.3. The topological polar surface area (TPSA) is 67.9 Å². The molecule has 0 bridgehead atoms. The highest BCUT2D eigenvalue weighted by Crippen LogP contribution is 2.36. The van der Waals surface area contributed by atoms with E-state index in [9.17, 15) is 9.59 Å². The summed E-state index contributed by atoms with van der Waals surface area (Å²) in [5, 5.41) is 3.47. The monoisotopic (exact) mass is 388 g/mol. The summed E-state index contributed by atoms with van der Waals surface area (Å²) in [4.78, 5) is 26.6. The molecule has 0 spiro atoms. The average molecular weight is 389 g/mol. The summed E-state index contributed by atoms with van der Waals surface area (Å²) in [6.07, 6.45) is 0.148. The third-order valence-electron chi connectivity index (χ3n) is 4.58. The van der Waals surface area contributed by atoms with Crippen molar-refractivity contribution in [2.24, 2.45) is 5.92 Å². The number of rotatable bonds is 6. The van der Waals surface area contributed by atoms with Crippen molar-refractivity contribution in [3.8, 4) is 11.5 Å². The predicted octanol–water partition coefficient (Wildman–Crippen LogP) is 3.03. The van der Waals surface area contributed by atoms with Crippen molar-refractivity contribution in [1.29, 1.82) is 0 Å². The van der Waals surface area contributed by atoms with Gasteiger partial charge in [-0.05, 0) is 23.8 Å². The number of methoxy groups -OCH3 is 2. The molecule has 1 fully saturated rings. The molecule has 142 valence electrons. The van der Waals surface area contributed by atoms with E-state index in [4.69, 9.17) is 21.1 Å². The van der Waals surface area contributed by atoms with Gasteiger partial charge in [-0.15, -0.1) is 0 Å². The molecule has 0 aromatic heterocycles. The van der Waals surface area contributed by atoms with Crippen LogP contribution in [0.1, 0.15) is 12.0 Å². The fraction of sp³-hybridized carbons (Fsp3) is 0.300. The number of hydrogen-bond acceptors (Lipinski definition) is 4. The van der Waals surface area contributed by atoms with Crippen LogP contribution in [-0.2, 0) is 16.1 Å². The first-order valence-corrected chi connectivity index (χ1v) is 8.94. The number of carbonyl (C=O) groups is 2. The van der Waals surface area contributed by atoms with Gasteiger partial charge < -0.3 is 19.7 Å². The summed E-state index contributed by atoms with van der Waals surface area (Å²) in [6.45, 7) is 0.613. The number of halogens is 1. The minimum atomic E-state index is -0.434. The molecule has 1 atom stereocenters. The van der Waals surface area contributed by atoms with E-state index in [0.717, 1.165) is 5.56 Å². The van der Waals surface area contributed by atoms with Crippen LogP contribution < -0.4 is 19.7 Å². The lowest BCUT2D eigenvalue weighted by Crippen LogP contribution is -2.32. The van der Waals surface area contributed by atoms with Crippen LogP contribution in [0.3, 0.4) is 0 Å². The maximum absolute atomic E-state index is 12.5. The molecule has 0 unspecified atom stereocenters. The van der Waals surface area contributed by atoms with E-state index in [1.807, 2.05) is 18.2 Å². The highest BCUT2D eigenvalue weighted by atomic mass is 35.5. The predicted molar refractivity (Wildman–Crippen MR) is 103 cm³/mol. The molecule has 6 nitrogen and oxygen atoms in total. The summed E-state index contributed by atoms with van der Waals surface area (Å²) >= 11 is 6.12. The summed E-state index contributed by atoms with van der Waals surface area (Å²) in [5.41, 5.74) is 1.44. The summed E-state index contributed by atoms with van der Waals surface area (Å²) in [5.74, 6) is 0.439. The lowest BCUT2D eigenvalue weighted by atomic mass is 10.1. The van der Waals surface area contributed by atoms with Gasteiger partial charge in [-0.1, -0.05) is 29.8 Å². The Morgan fingerprint density at radius 3 is 2.70 bits per heavy atom. The molecule has 0 saturated carbocycles. The van der Waals surface area contributed by atoms with Crippen molar-refractivity contribution >= 4 is 29.1 Å². The number of hydrogen-bond donors (Lipinski definition) is 1. The number of carbonyl (C=O) groups excluding carboxylic acids is 2. The van der Waals surface area contributed by atoms with Gasteiger partial charge in [0.25, 0.3) is 0 Å². The second-order valence-corrected chi connectivity index (χ2v) is 6.66. The van der Waals surface area contributed by atoms with Crippen molar-refractivity contribution in [3.05, 3.63) is 53.1 Å². The second-order valence-electron chi connectivity index (χ2n) is 6.25. The third kappa shape index (κ3) is 4.17. The molecule has 3 rings (SSSR count). The Kier molecular flexibility index (Phi) is 5.86. The fourth-order valence-corrected chi connectivity index (χ4v) is 3.29. The molecule has 1 N–H and O–H groups in total. The Bertz CT molecular complexity index is 856. The molecular formula is C20H21ClN2O4. The van der Waals surface area contributed by atoms with Gasteiger partial charge >= 0.3 is 0 Å². The maximum Gasteiger partial charge on any atom is 0.227 e. The second kappa shape index (κ2) is 8.31. The lowest BCUT2D eigenvalue weighted by molar-refractivity contribution is -0.126. The van der Waals surface area contributed by atoms with Crippen molar-refractivity contribution in [3.63, 3.8) is 0 Å². The van der Waals surface area contributed by atoms with Crippen LogP contribution in [0.15, 0.2) is 42.5 Å². The molecule has 2 aromatic rings. The van der Waals surface area contributed by atoms with Crippen LogP contribution in [0.2, 0.25) is 5.02 Å². The molecule has 1 aliphatic heterocycles. The molecule has 1 heterocycles. The number of nitrogens with zero attached hydrogens (tertiary/aromatic N) is 1. The lowest BCUT2D eigenvalue weighted by Gasteiger charge is -2.20. The molecule has 1 aliphatic rings. The van der Waals surface area contributed by atoms with Gasteiger partial charge in [0.2, 0.25) is 11.8 Å². The van der Waals surface area contributed by atoms with Crippen molar-refractivity contribution < 1.29 is 19.1 Å². The largest absolute Gasteiger partial charge is 0.497 e. The zero-order valence-electron chi connectivity index (χ0n) is 15.2. The van der Waals surface area contributed by atoms with Crippen molar-refractivity contribution in [1.82, 2.24) is 5.32 Å². The first-order chi connectivity index (χ1) is 13.0. The highest BCUT2D eigenvalue weighted by molar-refractivity contribution is 6.31. The quantitative estimate of drug-likeness (QED) is 0.826. The van der Waals surface area contributed by atoms with E-state index in [2.05, 4.69) is 5.32 Å². The minimum Gasteiger partial charge on any atom is -0.497 e. The van der Waals surface area contributed by atoms with E-state index in [0.29, 0.717) is 28.8 Å². The molecule has 2 aromatic carbocycles. The van der Waals surface area contributed by atoms with Gasteiger partial charge in [0.05, 0.1) is 25.8 Å². The van der Waals surface area contributed by atoms with Crippen LogP contribution in [0.5, 0.6) is 11.5 Å². The van der Waals surface area contributed by atoms with Crippen molar-refractivity contribution in [2.75, 3.05) is 25.7 Å². The van der Waals surface area contributed by atoms with Gasteiger partial charge in [0.1, 0.15) is 11.5 Å². The molecule has 7 heteroatoms. The van der Waals surface area contributed by atoms with Gasteiger partial charge in [-0.2, -0.15) is 0 Å². The Hall–Kier alpha value is -2.73. The standard InChI is InChI=1S/C20H21ClN2O4/c1-26-15-7-8-18(27-2)17(10-15)23-12-14(9-19(23)24)20(25)22-11-13-5-3-4-6-16(13)21/h3-8,10,14H,9,11-12H2,1-2H3,(H,22,25)/t14-/m1/s1. The van der Waals surface area contributed by atoms with Crippen molar-refractivity contribution in [2.45, 2.75) is 13.0 Å². The first-order valence-electron chi connectivity index (χ1n) is 8.57. The highest BCUT2D eigenvalue weighted by Gasteiger charge is 2.36. The Morgan fingerprint density at radius 2 is 2.00 bits per heavy atom. The maximum atomic E-state index is 12.5. The van der Waals surface area contributed by atoms with Gasteiger partial charge in [0.15, 0.2) is 0 Å². The fourth-order valence-electron chi connectivity index (χ4n) is 3.09. The molecule has 1 saturated heterocycles. The molecule has 0 aliphatic carbocycles. The van der Waals surface area contributed by atoms with Crippen LogP contribution >= 0.6 is 11.6 Å². The number of anilines is 1. The number of amides is 2. The first kappa shape index (κ1) is 19.0. The number of ether oxygens (including phenoxy) is 2. The van der Waals surface area contributed by atoms with Crippen LogP contribution in [-0.4, -0.2) is 32.6 Å². The summed E-state index contributed by atoms with van der Waals surface area (Å²) in [6, 6.07) is 12.6. The van der Waals surface area contributed by atoms with E-state index < -0.39 is 5.92 Å². The molecule has 27 heavy (non-hydrogen) atoms. The molecule has 0 radical (unpaired) electrons. The SMILES string of the molecule is COc1ccc(OC)c(N2C[C@H](C(=O)NCc3ccccc3Cl)CC2=O)c1. The number of benzene rings is 2. The summed E-state index contributed by atoms with van der Waals surface area (Å²) < 4.78 is 10.6.